The summed E-state index contributed by atoms with van der Waals surface area (Å²) in [5.74, 6) is -0.0960. The lowest BCUT2D eigenvalue weighted by Crippen LogP contribution is -2.09. The molecule has 1 aromatic carbocycles. The molecule has 0 amide bonds. The van der Waals surface area contributed by atoms with Gasteiger partial charge in [0.15, 0.2) is 0 Å². The molecular weight excluding hydrogens is 337 g/mol. The standard InChI is InChI=1S/C11H5Cl3F3N3/c12-5-1-6(13)3-7(2-5)19-10-18-4-8(9(14)20-10)11(15,16)17/h1-4H,(H,18,19,20). The Morgan fingerprint density at radius 2 is 1.60 bits per heavy atom. The molecule has 1 N–H and O–H groups in total. The van der Waals surface area contributed by atoms with Crippen LogP contribution in [-0.2, 0) is 6.18 Å². The summed E-state index contributed by atoms with van der Waals surface area (Å²) in [5, 5.41) is 2.69. The average molecular weight is 343 g/mol. The van der Waals surface area contributed by atoms with Gasteiger partial charge in [-0.3, -0.25) is 0 Å². The van der Waals surface area contributed by atoms with Gasteiger partial charge in [0.1, 0.15) is 10.7 Å². The van der Waals surface area contributed by atoms with Crippen LogP contribution in [0.5, 0.6) is 0 Å². The Morgan fingerprint density at radius 1 is 1.00 bits per heavy atom. The van der Waals surface area contributed by atoms with Crippen LogP contribution in [0.1, 0.15) is 5.56 Å². The van der Waals surface area contributed by atoms with Crippen molar-refractivity contribution < 1.29 is 13.2 Å². The van der Waals surface area contributed by atoms with Crippen molar-refractivity contribution in [3.8, 4) is 0 Å². The monoisotopic (exact) mass is 341 g/mol. The number of rotatable bonds is 2. The van der Waals surface area contributed by atoms with Gasteiger partial charge in [0.25, 0.3) is 0 Å². The van der Waals surface area contributed by atoms with Gasteiger partial charge in [-0.25, -0.2) is 9.97 Å². The van der Waals surface area contributed by atoms with Gasteiger partial charge >= 0.3 is 6.18 Å². The van der Waals surface area contributed by atoms with E-state index in [1.165, 1.54) is 18.2 Å². The molecule has 1 heterocycles. The Morgan fingerprint density at radius 3 is 2.10 bits per heavy atom. The number of hydrogen-bond donors (Lipinski definition) is 1. The fraction of sp³-hybridized carbons (Fsp3) is 0.0909. The second kappa shape index (κ2) is 5.63. The third-order valence-corrected chi connectivity index (χ3v) is 2.89. The maximum Gasteiger partial charge on any atom is 0.420 e. The molecule has 0 saturated carbocycles. The number of nitrogens with one attached hydrogen (secondary N) is 1. The van der Waals surface area contributed by atoms with Crippen LogP contribution in [0.4, 0.5) is 24.8 Å². The molecule has 0 spiro atoms. The van der Waals surface area contributed by atoms with E-state index in [4.69, 9.17) is 34.8 Å². The molecular formula is C11H5Cl3F3N3. The number of anilines is 2. The second-order valence-electron chi connectivity index (χ2n) is 3.68. The summed E-state index contributed by atoms with van der Waals surface area (Å²) < 4.78 is 37.5. The molecule has 0 aliphatic rings. The third-order valence-electron chi connectivity index (χ3n) is 2.17. The van der Waals surface area contributed by atoms with E-state index in [9.17, 15) is 13.2 Å². The number of aromatic nitrogens is 2. The Labute approximate surface area is 126 Å². The summed E-state index contributed by atoms with van der Waals surface area (Å²) in [4.78, 5) is 7.08. The first-order valence-corrected chi connectivity index (χ1v) is 6.22. The molecule has 20 heavy (non-hydrogen) atoms. The Kier molecular flexibility index (Phi) is 4.27. The molecule has 0 bridgehead atoms. The Bertz CT molecular complexity index is 626. The highest BCUT2D eigenvalue weighted by Crippen LogP contribution is 2.33. The number of nitrogens with zero attached hydrogens (tertiary/aromatic N) is 2. The van der Waals surface area contributed by atoms with E-state index < -0.39 is 16.9 Å². The van der Waals surface area contributed by atoms with Crippen LogP contribution in [0.2, 0.25) is 15.2 Å². The van der Waals surface area contributed by atoms with Crippen LogP contribution < -0.4 is 5.32 Å². The number of hydrogen-bond acceptors (Lipinski definition) is 3. The highest BCUT2D eigenvalue weighted by atomic mass is 35.5. The van der Waals surface area contributed by atoms with E-state index in [1.807, 2.05) is 0 Å². The molecule has 3 nitrogen and oxygen atoms in total. The minimum Gasteiger partial charge on any atom is -0.324 e. The second-order valence-corrected chi connectivity index (χ2v) is 4.91. The number of alkyl halides is 3. The smallest absolute Gasteiger partial charge is 0.324 e. The summed E-state index contributed by atoms with van der Waals surface area (Å²) in [6.07, 6.45) is -4.00. The Hall–Kier alpha value is -1.24. The molecule has 0 unspecified atom stereocenters. The Balaban J connectivity index is 2.29. The predicted molar refractivity (Wildman–Crippen MR) is 71.8 cm³/mol. The van der Waals surface area contributed by atoms with Crippen molar-refractivity contribution in [2.24, 2.45) is 0 Å². The van der Waals surface area contributed by atoms with E-state index in [0.29, 0.717) is 21.9 Å². The van der Waals surface area contributed by atoms with Crippen LogP contribution in [-0.4, -0.2) is 9.97 Å². The van der Waals surface area contributed by atoms with Crippen LogP contribution in [0.3, 0.4) is 0 Å². The van der Waals surface area contributed by atoms with Crippen LogP contribution >= 0.6 is 34.8 Å². The molecule has 0 radical (unpaired) electrons. The van der Waals surface area contributed by atoms with Crippen LogP contribution in [0.25, 0.3) is 0 Å². The SMILES string of the molecule is FC(F)(F)c1cnc(Nc2cc(Cl)cc(Cl)c2)nc1Cl. The van der Waals surface area contributed by atoms with Gasteiger partial charge < -0.3 is 5.32 Å². The fourth-order valence-corrected chi connectivity index (χ4v) is 2.13. The van der Waals surface area contributed by atoms with Crippen molar-refractivity contribution in [1.29, 1.82) is 0 Å². The third kappa shape index (κ3) is 3.65. The lowest BCUT2D eigenvalue weighted by Gasteiger charge is -2.10. The maximum atomic E-state index is 12.5. The van der Waals surface area contributed by atoms with Crippen LogP contribution in [0.15, 0.2) is 24.4 Å². The molecule has 0 saturated heterocycles. The first-order valence-electron chi connectivity index (χ1n) is 5.08. The molecule has 0 aliphatic heterocycles. The molecule has 0 fully saturated rings. The van der Waals surface area contributed by atoms with Crippen molar-refractivity contribution >= 4 is 46.4 Å². The number of halogens is 6. The van der Waals surface area contributed by atoms with Crippen molar-refractivity contribution in [2.45, 2.75) is 6.18 Å². The zero-order valence-electron chi connectivity index (χ0n) is 9.47. The minimum atomic E-state index is -4.60. The van der Waals surface area contributed by atoms with E-state index in [2.05, 4.69) is 15.3 Å². The summed E-state index contributed by atoms with van der Waals surface area (Å²) in [5.41, 5.74) is -0.674. The van der Waals surface area contributed by atoms with Crippen molar-refractivity contribution in [2.75, 3.05) is 5.32 Å². The van der Waals surface area contributed by atoms with Crippen LogP contribution in [0, 0.1) is 0 Å². The molecule has 2 aromatic rings. The zero-order chi connectivity index (χ0) is 14.9. The lowest BCUT2D eigenvalue weighted by atomic mass is 10.3. The highest BCUT2D eigenvalue weighted by molar-refractivity contribution is 6.35. The van der Waals surface area contributed by atoms with E-state index in [-0.39, 0.29) is 5.95 Å². The van der Waals surface area contributed by atoms with Gasteiger partial charge in [-0.1, -0.05) is 34.8 Å². The van der Waals surface area contributed by atoms with E-state index in [1.54, 1.807) is 0 Å². The van der Waals surface area contributed by atoms with Gasteiger partial charge in [0.05, 0.1) is 0 Å². The molecule has 0 aliphatic carbocycles. The topological polar surface area (TPSA) is 37.8 Å². The number of benzene rings is 1. The zero-order valence-corrected chi connectivity index (χ0v) is 11.7. The summed E-state index contributed by atoms with van der Waals surface area (Å²) in [6.45, 7) is 0. The maximum absolute atomic E-state index is 12.5. The van der Waals surface area contributed by atoms with Crippen molar-refractivity contribution in [1.82, 2.24) is 9.97 Å². The molecule has 9 heteroatoms. The van der Waals surface area contributed by atoms with Gasteiger partial charge in [-0.15, -0.1) is 0 Å². The van der Waals surface area contributed by atoms with Gasteiger partial charge in [-0.05, 0) is 18.2 Å². The largest absolute Gasteiger partial charge is 0.420 e. The molecule has 1 aromatic heterocycles. The first kappa shape index (κ1) is 15.2. The predicted octanol–water partition coefficient (Wildman–Crippen LogP) is 5.20. The lowest BCUT2D eigenvalue weighted by molar-refractivity contribution is -0.137. The molecule has 2 rings (SSSR count). The summed E-state index contributed by atoms with van der Waals surface area (Å²) in [7, 11) is 0. The normalized spacial score (nSPS) is 11.5. The van der Waals surface area contributed by atoms with Gasteiger partial charge in [-0.2, -0.15) is 13.2 Å². The van der Waals surface area contributed by atoms with E-state index in [0.717, 1.165) is 0 Å². The van der Waals surface area contributed by atoms with Gasteiger partial charge in [0.2, 0.25) is 5.95 Å². The summed E-state index contributed by atoms with van der Waals surface area (Å²) in [6, 6.07) is 4.54. The average Bonchev–Trinajstić information content (AvgIpc) is 2.25. The molecule has 106 valence electrons. The molecule has 0 atom stereocenters. The van der Waals surface area contributed by atoms with Gasteiger partial charge in [0, 0.05) is 21.9 Å². The highest BCUT2D eigenvalue weighted by Gasteiger charge is 2.34. The first-order chi connectivity index (χ1) is 9.25. The minimum absolute atomic E-state index is 0.0960. The van der Waals surface area contributed by atoms with Crippen molar-refractivity contribution in [3.63, 3.8) is 0 Å². The summed E-state index contributed by atoms with van der Waals surface area (Å²) >= 11 is 17.1. The van der Waals surface area contributed by atoms with E-state index >= 15 is 0 Å². The fourth-order valence-electron chi connectivity index (χ4n) is 1.37. The quantitative estimate of drug-likeness (QED) is 0.762. The van der Waals surface area contributed by atoms with Crippen molar-refractivity contribution in [3.05, 3.63) is 45.2 Å².